The summed E-state index contributed by atoms with van der Waals surface area (Å²) in [5.74, 6) is 0.392. The molecule has 116 valence electrons. The number of anilines is 1. The number of aryl methyl sites for hydroxylation is 1. The van der Waals surface area contributed by atoms with Gasteiger partial charge in [0.05, 0.1) is 23.4 Å². The van der Waals surface area contributed by atoms with Crippen molar-refractivity contribution >= 4 is 22.5 Å². The Hall–Kier alpha value is -2.88. The molecule has 1 heterocycles. The van der Waals surface area contributed by atoms with Crippen LogP contribution < -0.4 is 10.1 Å². The molecule has 0 bridgehead atoms. The first-order chi connectivity index (χ1) is 11.2. The van der Waals surface area contributed by atoms with E-state index >= 15 is 0 Å². The summed E-state index contributed by atoms with van der Waals surface area (Å²) >= 11 is 0. The Kier molecular flexibility index (Phi) is 4.24. The smallest absolute Gasteiger partial charge is 0.259 e. The molecule has 1 N–H and O–H groups in total. The molecule has 23 heavy (non-hydrogen) atoms. The third-order valence-corrected chi connectivity index (χ3v) is 3.55. The van der Waals surface area contributed by atoms with E-state index in [1.54, 1.807) is 12.1 Å². The summed E-state index contributed by atoms with van der Waals surface area (Å²) in [6.07, 6.45) is 0. The second-order valence-corrected chi connectivity index (χ2v) is 5.21. The van der Waals surface area contributed by atoms with Gasteiger partial charge in [0, 0.05) is 11.1 Å². The van der Waals surface area contributed by atoms with Crippen molar-refractivity contribution in [3.63, 3.8) is 0 Å². The van der Waals surface area contributed by atoms with Crippen molar-refractivity contribution in [1.29, 1.82) is 0 Å². The number of pyridine rings is 1. The molecule has 3 rings (SSSR count). The number of carbonyl (C=O) groups is 1. The van der Waals surface area contributed by atoms with E-state index < -0.39 is 0 Å². The van der Waals surface area contributed by atoms with E-state index in [1.165, 1.54) is 0 Å². The first-order valence-corrected chi connectivity index (χ1v) is 7.58. The maximum Gasteiger partial charge on any atom is 0.259 e. The Morgan fingerprint density at radius 2 is 1.91 bits per heavy atom. The number of hydrogen-bond acceptors (Lipinski definition) is 3. The Labute approximate surface area is 135 Å². The molecule has 0 saturated carbocycles. The predicted octanol–water partition coefficient (Wildman–Crippen LogP) is 4.19. The molecule has 0 saturated heterocycles. The molecule has 4 heteroatoms. The third-order valence-electron chi connectivity index (χ3n) is 3.55. The lowest BCUT2D eigenvalue weighted by Crippen LogP contribution is -2.14. The van der Waals surface area contributed by atoms with Gasteiger partial charge in [-0.3, -0.25) is 9.78 Å². The summed E-state index contributed by atoms with van der Waals surface area (Å²) in [7, 11) is 0. The fourth-order valence-electron chi connectivity index (χ4n) is 2.49. The van der Waals surface area contributed by atoms with Crippen LogP contribution in [0.1, 0.15) is 23.0 Å². The highest BCUT2D eigenvalue weighted by Crippen LogP contribution is 2.25. The lowest BCUT2D eigenvalue weighted by atomic mass is 10.1. The van der Waals surface area contributed by atoms with Crippen molar-refractivity contribution in [3.8, 4) is 5.75 Å². The molecule has 0 aliphatic carbocycles. The van der Waals surface area contributed by atoms with Crippen LogP contribution in [0, 0.1) is 6.92 Å². The Bertz CT molecular complexity index is 859. The van der Waals surface area contributed by atoms with Crippen LogP contribution in [-0.4, -0.2) is 17.5 Å². The third kappa shape index (κ3) is 3.16. The van der Waals surface area contributed by atoms with Crippen LogP contribution in [0.3, 0.4) is 0 Å². The summed E-state index contributed by atoms with van der Waals surface area (Å²) < 4.78 is 5.53. The van der Waals surface area contributed by atoms with Gasteiger partial charge in [-0.2, -0.15) is 0 Å². The predicted molar refractivity (Wildman–Crippen MR) is 92.0 cm³/mol. The minimum absolute atomic E-state index is 0.192. The number of amides is 1. The van der Waals surface area contributed by atoms with Crippen molar-refractivity contribution < 1.29 is 9.53 Å². The van der Waals surface area contributed by atoms with Gasteiger partial charge in [0.1, 0.15) is 5.75 Å². The quantitative estimate of drug-likeness (QED) is 0.786. The normalized spacial score (nSPS) is 10.5. The average Bonchev–Trinajstić information content (AvgIpc) is 2.55. The number of nitrogens with one attached hydrogen (secondary N) is 1. The van der Waals surface area contributed by atoms with Gasteiger partial charge in [-0.1, -0.05) is 18.2 Å². The fraction of sp³-hybridized carbons (Fsp3) is 0.158. The standard InChI is InChI=1S/C19H18N2O2/c1-3-23-18-10-5-4-7-15(18)19(22)21-17-9-6-8-16-14(17)12-11-13(2)20-16/h4-12H,3H2,1-2H3,(H,21,22). The minimum atomic E-state index is -0.192. The van der Waals surface area contributed by atoms with Gasteiger partial charge in [0.15, 0.2) is 0 Å². The van der Waals surface area contributed by atoms with Crippen LogP contribution in [0.25, 0.3) is 10.9 Å². The molecule has 0 radical (unpaired) electrons. The lowest BCUT2D eigenvalue weighted by Gasteiger charge is -2.12. The first-order valence-electron chi connectivity index (χ1n) is 7.58. The first kappa shape index (κ1) is 15.0. The molecule has 0 aliphatic heterocycles. The topological polar surface area (TPSA) is 51.2 Å². The van der Waals surface area contributed by atoms with Crippen LogP contribution in [0.5, 0.6) is 5.75 Å². The summed E-state index contributed by atoms with van der Waals surface area (Å²) in [4.78, 5) is 17.1. The summed E-state index contributed by atoms with van der Waals surface area (Å²) in [6, 6.07) is 16.8. The number of aromatic nitrogens is 1. The summed E-state index contributed by atoms with van der Waals surface area (Å²) in [5, 5.41) is 3.88. The molecule has 3 aromatic rings. The molecule has 4 nitrogen and oxygen atoms in total. The number of para-hydroxylation sites is 1. The zero-order valence-electron chi connectivity index (χ0n) is 13.2. The monoisotopic (exact) mass is 306 g/mol. The second kappa shape index (κ2) is 6.48. The molecule has 0 fully saturated rings. The Balaban J connectivity index is 1.95. The van der Waals surface area contributed by atoms with Crippen LogP contribution in [0.2, 0.25) is 0 Å². The maximum absolute atomic E-state index is 12.6. The van der Waals surface area contributed by atoms with E-state index in [4.69, 9.17) is 4.74 Å². The number of fused-ring (bicyclic) bond motifs is 1. The van der Waals surface area contributed by atoms with Gasteiger partial charge in [0.25, 0.3) is 5.91 Å². The largest absolute Gasteiger partial charge is 0.493 e. The van der Waals surface area contributed by atoms with Crippen molar-refractivity contribution in [1.82, 2.24) is 4.98 Å². The highest BCUT2D eigenvalue weighted by atomic mass is 16.5. The molecule has 0 atom stereocenters. The minimum Gasteiger partial charge on any atom is -0.493 e. The Morgan fingerprint density at radius 1 is 1.09 bits per heavy atom. The van der Waals surface area contributed by atoms with Crippen LogP contribution in [0.15, 0.2) is 54.6 Å². The molecule has 0 unspecified atom stereocenters. The molecular weight excluding hydrogens is 288 g/mol. The van der Waals surface area contributed by atoms with E-state index in [1.807, 2.05) is 56.3 Å². The van der Waals surface area contributed by atoms with Gasteiger partial charge < -0.3 is 10.1 Å². The van der Waals surface area contributed by atoms with E-state index in [0.717, 1.165) is 22.3 Å². The van der Waals surface area contributed by atoms with E-state index in [2.05, 4.69) is 10.3 Å². The van der Waals surface area contributed by atoms with Gasteiger partial charge in [-0.25, -0.2) is 0 Å². The van der Waals surface area contributed by atoms with Crippen molar-refractivity contribution in [2.24, 2.45) is 0 Å². The van der Waals surface area contributed by atoms with E-state index in [0.29, 0.717) is 17.9 Å². The highest BCUT2D eigenvalue weighted by molar-refractivity contribution is 6.10. The number of nitrogens with zero attached hydrogens (tertiary/aromatic N) is 1. The zero-order chi connectivity index (χ0) is 16.2. The summed E-state index contributed by atoms with van der Waals surface area (Å²) in [6.45, 7) is 4.36. The number of ether oxygens (including phenoxy) is 1. The number of rotatable bonds is 4. The van der Waals surface area contributed by atoms with Crippen LogP contribution in [0.4, 0.5) is 5.69 Å². The van der Waals surface area contributed by atoms with Crippen molar-refractivity contribution in [3.05, 3.63) is 65.9 Å². The number of hydrogen-bond donors (Lipinski definition) is 1. The molecule has 0 aliphatic rings. The van der Waals surface area contributed by atoms with Gasteiger partial charge in [-0.05, 0) is 50.2 Å². The summed E-state index contributed by atoms with van der Waals surface area (Å²) in [5.41, 5.74) is 3.07. The maximum atomic E-state index is 12.6. The van der Waals surface area contributed by atoms with E-state index in [-0.39, 0.29) is 5.91 Å². The Morgan fingerprint density at radius 3 is 2.74 bits per heavy atom. The van der Waals surface area contributed by atoms with Crippen molar-refractivity contribution in [2.75, 3.05) is 11.9 Å². The molecular formula is C19H18N2O2. The fourth-order valence-corrected chi connectivity index (χ4v) is 2.49. The SMILES string of the molecule is CCOc1ccccc1C(=O)Nc1cccc2nc(C)ccc12. The number of carbonyl (C=O) groups excluding carboxylic acids is 1. The van der Waals surface area contributed by atoms with Crippen LogP contribution in [-0.2, 0) is 0 Å². The van der Waals surface area contributed by atoms with Gasteiger partial charge in [0.2, 0.25) is 0 Å². The molecule has 1 amide bonds. The molecule has 1 aromatic heterocycles. The van der Waals surface area contributed by atoms with Gasteiger partial charge >= 0.3 is 0 Å². The van der Waals surface area contributed by atoms with Crippen LogP contribution >= 0.6 is 0 Å². The van der Waals surface area contributed by atoms with E-state index in [9.17, 15) is 4.79 Å². The number of benzene rings is 2. The molecule has 0 spiro atoms. The van der Waals surface area contributed by atoms with Gasteiger partial charge in [-0.15, -0.1) is 0 Å². The highest BCUT2D eigenvalue weighted by Gasteiger charge is 2.13. The average molecular weight is 306 g/mol. The molecule has 2 aromatic carbocycles. The van der Waals surface area contributed by atoms with Crippen molar-refractivity contribution in [2.45, 2.75) is 13.8 Å². The zero-order valence-corrected chi connectivity index (χ0v) is 13.2. The lowest BCUT2D eigenvalue weighted by molar-refractivity contribution is 0.102. The second-order valence-electron chi connectivity index (χ2n) is 5.21.